The van der Waals surface area contributed by atoms with Crippen molar-refractivity contribution in [2.45, 2.75) is 0 Å². The molecule has 0 fully saturated rings. The average Bonchev–Trinajstić information content (AvgIpc) is 2.41. The van der Waals surface area contributed by atoms with Gasteiger partial charge in [0.2, 0.25) is 11.6 Å². The molecule has 0 radical (unpaired) electrons. The van der Waals surface area contributed by atoms with Gasteiger partial charge < -0.3 is 5.11 Å². The van der Waals surface area contributed by atoms with Crippen molar-refractivity contribution in [3.8, 4) is 6.07 Å². The zero-order chi connectivity index (χ0) is 12.5. The lowest BCUT2D eigenvalue weighted by Gasteiger charge is -1.86. The lowest BCUT2D eigenvalue weighted by atomic mass is 10.6. The van der Waals surface area contributed by atoms with E-state index in [1.165, 1.54) is 24.8 Å². The third-order valence-corrected chi connectivity index (χ3v) is 1.42. The Morgan fingerprint density at radius 3 is 1.82 bits per heavy atom. The lowest BCUT2D eigenvalue weighted by Crippen LogP contribution is -2.01. The molecular weight excluding hydrogens is 222 g/mol. The highest BCUT2D eigenvalue weighted by Gasteiger charge is 2.01. The highest BCUT2D eigenvalue weighted by Crippen LogP contribution is 1.84. The van der Waals surface area contributed by atoms with E-state index in [-0.39, 0.29) is 11.6 Å². The summed E-state index contributed by atoms with van der Waals surface area (Å²) in [6.07, 6.45) is 5.84. The number of hydrogen-bond donors (Lipinski definition) is 1. The topological polar surface area (TPSA) is 113 Å². The lowest BCUT2D eigenvalue weighted by molar-refractivity contribution is 0.0683. The fourth-order valence-electron chi connectivity index (χ4n) is 0.766. The van der Waals surface area contributed by atoms with Gasteiger partial charge in [-0.25, -0.2) is 24.7 Å². The molecule has 1 N–H and O–H groups in total. The molecular formula is C10H7N5O2. The van der Waals surface area contributed by atoms with Crippen LogP contribution in [0.15, 0.2) is 36.9 Å². The van der Waals surface area contributed by atoms with E-state index in [2.05, 4.69) is 19.9 Å². The van der Waals surface area contributed by atoms with E-state index in [1.807, 2.05) is 0 Å². The summed E-state index contributed by atoms with van der Waals surface area (Å²) < 4.78 is 0. The number of carboxylic acids is 1. The van der Waals surface area contributed by atoms with Crippen molar-refractivity contribution in [2.24, 2.45) is 0 Å². The minimum absolute atomic E-state index is 0.169. The number of nitriles is 1. The second-order valence-corrected chi connectivity index (χ2v) is 2.56. The monoisotopic (exact) mass is 229 g/mol. The van der Waals surface area contributed by atoms with Crippen molar-refractivity contribution in [3.63, 3.8) is 0 Å². The van der Waals surface area contributed by atoms with Crippen molar-refractivity contribution >= 4 is 5.97 Å². The van der Waals surface area contributed by atoms with E-state index < -0.39 is 5.97 Å². The maximum Gasteiger partial charge on any atom is 0.373 e. The molecule has 0 amide bonds. The molecule has 2 rings (SSSR count). The summed E-state index contributed by atoms with van der Waals surface area (Å²) in [5, 5.41) is 16.4. The summed E-state index contributed by atoms with van der Waals surface area (Å²) in [5.74, 6) is -1.05. The number of nitrogens with zero attached hydrogens (tertiary/aromatic N) is 5. The second kappa shape index (κ2) is 6.58. The Kier molecular flexibility index (Phi) is 4.72. The van der Waals surface area contributed by atoms with Gasteiger partial charge in [0, 0.05) is 24.8 Å². The maximum absolute atomic E-state index is 10.1. The number of carbonyl (C=O) groups is 1. The SMILES string of the molecule is N#Cc1ncccn1.O=C(O)c1ncccn1. The highest BCUT2D eigenvalue weighted by atomic mass is 16.4. The van der Waals surface area contributed by atoms with Crippen LogP contribution in [0.2, 0.25) is 0 Å². The molecule has 7 heteroatoms. The third kappa shape index (κ3) is 4.44. The van der Waals surface area contributed by atoms with Gasteiger partial charge in [-0.2, -0.15) is 5.26 Å². The summed E-state index contributed by atoms with van der Waals surface area (Å²) in [7, 11) is 0. The van der Waals surface area contributed by atoms with Gasteiger partial charge in [-0.3, -0.25) is 0 Å². The Balaban J connectivity index is 0.000000171. The molecule has 0 aromatic carbocycles. The average molecular weight is 229 g/mol. The van der Waals surface area contributed by atoms with Gasteiger partial charge in [0.15, 0.2) is 0 Å². The first-order chi connectivity index (χ1) is 8.24. The molecule has 0 bridgehead atoms. The van der Waals surface area contributed by atoms with E-state index in [9.17, 15) is 4.79 Å². The Hall–Kier alpha value is -2.88. The van der Waals surface area contributed by atoms with Crippen LogP contribution in [0.25, 0.3) is 0 Å². The molecule has 0 unspecified atom stereocenters. The Bertz CT molecular complexity index is 509. The van der Waals surface area contributed by atoms with Crippen molar-refractivity contribution in [3.05, 3.63) is 48.6 Å². The van der Waals surface area contributed by atoms with Crippen molar-refractivity contribution in [1.82, 2.24) is 19.9 Å². The number of aromatic nitrogens is 4. The molecule has 0 saturated heterocycles. The number of aromatic carboxylic acids is 1. The fraction of sp³-hybridized carbons (Fsp3) is 0. The van der Waals surface area contributed by atoms with E-state index in [4.69, 9.17) is 10.4 Å². The molecule has 84 valence electrons. The van der Waals surface area contributed by atoms with E-state index >= 15 is 0 Å². The van der Waals surface area contributed by atoms with E-state index in [1.54, 1.807) is 18.2 Å². The van der Waals surface area contributed by atoms with Crippen LogP contribution in [0.4, 0.5) is 0 Å². The summed E-state index contributed by atoms with van der Waals surface area (Å²) in [4.78, 5) is 24.3. The molecule has 7 nitrogen and oxygen atoms in total. The molecule has 2 heterocycles. The minimum atomic E-state index is -1.10. The van der Waals surface area contributed by atoms with Crippen LogP contribution in [0.1, 0.15) is 16.4 Å². The van der Waals surface area contributed by atoms with Gasteiger partial charge in [0.05, 0.1) is 0 Å². The van der Waals surface area contributed by atoms with Crippen LogP contribution in [0, 0.1) is 11.3 Å². The molecule has 0 atom stereocenters. The second-order valence-electron chi connectivity index (χ2n) is 2.56. The Morgan fingerprint density at radius 2 is 1.53 bits per heavy atom. The Labute approximate surface area is 96.5 Å². The van der Waals surface area contributed by atoms with Crippen LogP contribution in [0.3, 0.4) is 0 Å². The Morgan fingerprint density at radius 1 is 1.06 bits per heavy atom. The van der Waals surface area contributed by atoms with Gasteiger partial charge >= 0.3 is 5.97 Å². The summed E-state index contributed by atoms with van der Waals surface area (Å²) >= 11 is 0. The zero-order valence-electron chi connectivity index (χ0n) is 8.56. The van der Waals surface area contributed by atoms with E-state index in [0.717, 1.165) is 0 Å². The van der Waals surface area contributed by atoms with Crippen molar-refractivity contribution in [2.75, 3.05) is 0 Å². The normalized spacial score (nSPS) is 8.41. The van der Waals surface area contributed by atoms with Gasteiger partial charge in [-0.05, 0) is 12.1 Å². The zero-order valence-corrected chi connectivity index (χ0v) is 8.56. The predicted octanol–water partition coefficient (Wildman–Crippen LogP) is 0.523. The largest absolute Gasteiger partial charge is 0.475 e. The molecule has 0 aliphatic carbocycles. The first kappa shape index (κ1) is 12.2. The maximum atomic E-state index is 10.1. The minimum Gasteiger partial charge on any atom is -0.475 e. The molecule has 2 aromatic rings. The first-order valence-corrected chi connectivity index (χ1v) is 4.41. The van der Waals surface area contributed by atoms with Crippen LogP contribution < -0.4 is 0 Å². The first-order valence-electron chi connectivity index (χ1n) is 4.41. The number of carboxylic acid groups (broad SMARTS) is 1. The molecule has 0 aliphatic heterocycles. The van der Waals surface area contributed by atoms with Crippen LogP contribution in [0.5, 0.6) is 0 Å². The molecule has 2 aromatic heterocycles. The third-order valence-electron chi connectivity index (χ3n) is 1.42. The molecule has 0 aliphatic rings. The van der Waals surface area contributed by atoms with Gasteiger partial charge in [-0.1, -0.05) is 0 Å². The molecule has 0 spiro atoms. The van der Waals surface area contributed by atoms with Crippen LogP contribution in [-0.2, 0) is 0 Å². The quantitative estimate of drug-likeness (QED) is 0.758. The number of hydrogen-bond acceptors (Lipinski definition) is 6. The van der Waals surface area contributed by atoms with Crippen LogP contribution >= 0.6 is 0 Å². The molecule has 17 heavy (non-hydrogen) atoms. The fourth-order valence-corrected chi connectivity index (χ4v) is 0.766. The molecule has 0 saturated carbocycles. The summed E-state index contributed by atoms with van der Waals surface area (Å²) in [5.41, 5.74) is 0. The van der Waals surface area contributed by atoms with Crippen molar-refractivity contribution in [1.29, 1.82) is 5.26 Å². The van der Waals surface area contributed by atoms with Crippen LogP contribution in [-0.4, -0.2) is 31.0 Å². The predicted molar refractivity (Wildman–Crippen MR) is 55.7 cm³/mol. The highest BCUT2D eigenvalue weighted by molar-refractivity contribution is 5.82. The summed E-state index contributed by atoms with van der Waals surface area (Å²) in [6, 6.07) is 5.03. The van der Waals surface area contributed by atoms with Gasteiger partial charge in [-0.15, -0.1) is 0 Å². The van der Waals surface area contributed by atoms with Gasteiger partial charge in [0.25, 0.3) is 0 Å². The smallest absolute Gasteiger partial charge is 0.373 e. The summed E-state index contributed by atoms with van der Waals surface area (Å²) in [6.45, 7) is 0. The standard InChI is InChI=1S/C5H3N3.C5H4N2O2/c6-4-5-7-2-1-3-8-5;8-5(9)4-6-2-1-3-7-4/h1-3H;1-3H,(H,8,9). The van der Waals surface area contributed by atoms with E-state index in [0.29, 0.717) is 0 Å². The van der Waals surface area contributed by atoms with Gasteiger partial charge in [0.1, 0.15) is 6.07 Å². The van der Waals surface area contributed by atoms with Crippen molar-refractivity contribution < 1.29 is 9.90 Å². The number of rotatable bonds is 1.